The van der Waals surface area contributed by atoms with Crippen LogP contribution in [0.25, 0.3) is 0 Å². The molecule has 2 aromatic rings. The first kappa shape index (κ1) is 16.2. The van der Waals surface area contributed by atoms with Gasteiger partial charge in [-0.25, -0.2) is 4.79 Å². The van der Waals surface area contributed by atoms with Crippen LogP contribution in [0.5, 0.6) is 0 Å². The van der Waals surface area contributed by atoms with Crippen molar-refractivity contribution in [1.82, 2.24) is 9.55 Å². The van der Waals surface area contributed by atoms with E-state index in [1.165, 1.54) is 10.6 Å². The Kier molecular flexibility index (Phi) is 4.86. The summed E-state index contributed by atoms with van der Waals surface area (Å²) in [5, 5.41) is 0.677. The smallest absolute Gasteiger partial charge is 0.292 e. The third-order valence-corrected chi connectivity index (χ3v) is 4.96. The lowest BCUT2D eigenvalue weighted by Gasteiger charge is -2.11. The standard InChI is InChI=1S/C14H11BrCl2N2O2/c1-7-13(15)8(2)19(14(21)18-7)6-12(20)9-3-4-10(16)11(17)5-9/h3-5H,6H2,1-2H3. The summed E-state index contributed by atoms with van der Waals surface area (Å²) < 4.78 is 2.03. The summed E-state index contributed by atoms with van der Waals surface area (Å²) in [7, 11) is 0. The summed E-state index contributed by atoms with van der Waals surface area (Å²) in [5.74, 6) is -0.240. The molecule has 0 atom stereocenters. The lowest BCUT2D eigenvalue weighted by Crippen LogP contribution is -2.29. The molecule has 2 rings (SSSR count). The van der Waals surface area contributed by atoms with E-state index in [9.17, 15) is 9.59 Å². The lowest BCUT2D eigenvalue weighted by atomic mass is 10.1. The molecule has 0 unspecified atom stereocenters. The van der Waals surface area contributed by atoms with Gasteiger partial charge in [-0.15, -0.1) is 0 Å². The van der Waals surface area contributed by atoms with Crippen molar-refractivity contribution in [3.05, 3.63) is 60.2 Å². The van der Waals surface area contributed by atoms with Crippen LogP contribution in [0.3, 0.4) is 0 Å². The minimum absolute atomic E-state index is 0.103. The van der Waals surface area contributed by atoms with Gasteiger partial charge in [0, 0.05) is 11.3 Å². The van der Waals surface area contributed by atoms with E-state index in [1.54, 1.807) is 26.0 Å². The Morgan fingerprint density at radius 3 is 2.57 bits per heavy atom. The maximum atomic E-state index is 12.3. The molecular formula is C14H11BrCl2N2O2. The molecule has 21 heavy (non-hydrogen) atoms. The molecule has 0 radical (unpaired) electrons. The van der Waals surface area contributed by atoms with Crippen molar-refractivity contribution in [2.45, 2.75) is 20.4 Å². The van der Waals surface area contributed by atoms with Crippen LogP contribution in [0.4, 0.5) is 0 Å². The average Bonchev–Trinajstić information content (AvgIpc) is 2.44. The molecule has 1 aromatic heterocycles. The Bertz CT molecular complexity index is 787. The number of ketones is 1. The van der Waals surface area contributed by atoms with E-state index in [4.69, 9.17) is 23.2 Å². The van der Waals surface area contributed by atoms with Gasteiger partial charge < -0.3 is 0 Å². The number of Topliss-reactive ketones (excluding diaryl/α,β-unsaturated/α-hetero) is 1. The molecule has 0 aliphatic rings. The maximum Gasteiger partial charge on any atom is 0.348 e. The highest BCUT2D eigenvalue weighted by molar-refractivity contribution is 9.10. The lowest BCUT2D eigenvalue weighted by molar-refractivity contribution is 0.0969. The second-order valence-corrected chi connectivity index (χ2v) is 6.12. The third kappa shape index (κ3) is 3.36. The SMILES string of the molecule is Cc1nc(=O)n(CC(=O)c2ccc(Cl)c(Cl)c2)c(C)c1Br. The van der Waals surface area contributed by atoms with Gasteiger partial charge in [0.15, 0.2) is 5.78 Å². The molecule has 0 saturated carbocycles. The van der Waals surface area contributed by atoms with Gasteiger partial charge in [0.1, 0.15) is 0 Å². The van der Waals surface area contributed by atoms with E-state index in [0.29, 0.717) is 31.5 Å². The highest BCUT2D eigenvalue weighted by Gasteiger charge is 2.14. The molecular weight excluding hydrogens is 379 g/mol. The molecule has 0 aliphatic carbocycles. The highest BCUT2D eigenvalue weighted by atomic mass is 79.9. The fourth-order valence-corrected chi connectivity index (χ4v) is 2.47. The topological polar surface area (TPSA) is 52.0 Å². The van der Waals surface area contributed by atoms with Crippen LogP contribution < -0.4 is 5.69 Å². The predicted octanol–water partition coefficient (Wildman–Crippen LogP) is 3.81. The molecule has 0 N–H and O–H groups in total. The normalized spacial score (nSPS) is 10.7. The number of benzene rings is 1. The van der Waals surface area contributed by atoms with Crippen LogP contribution in [0.15, 0.2) is 27.5 Å². The van der Waals surface area contributed by atoms with Crippen molar-refractivity contribution < 1.29 is 4.79 Å². The van der Waals surface area contributed by atoms with E-state index in [-0.39, 0.29) is 12.3 Å². The van der Waals surface area contributed by atoms with Crippen LogP contribution >= 0.6 is 39.1 Å². The van der Waals surface area contributed by atoms with Crippen molar-refractivity contribution in [2.75, 3.05) is 0 Å². The van der Waals surface area contributed by atoms with Crippen molar-refractivity contribution in [2.24, 2.45) is 0 Å². The largest absolute Gasteiger partial charge is 0.348 e. The van der Waals surface area contributed by atoms with Crippen molar-refractivity contribution in [1.29, 1.82) is 0 Å². The third-order valence-electron chi connectivity index (χ3n) is 3.08. The molecule has 0 saturated heterocycles. The number of halogens is 3. The summed E-state index contributed by atoms with van der Waals surface area (Å²) in [6, 6.07) is 4.62. The van der Waals surface area contributed by atoms with E-state index >= 15 is 0 Å². The molecule has 0 bridgehead atoms. The summed E-state index contributed by atoms with van der Waals surface area (Å²) >= 11 is 15.1. The van der Waals surface area contributed by atoms with Crippen LogP contribution in [-0.2, 0) is 6.54 Å². The van der Waals surface area contributed by atoms with Gasteiger partial charge >= 0.3 is 5.69 Å². The molecule has 0 aliphatic heterocycles. The second kappa shape index (κ2) is 6.30. The summed E-state index contributed by atoms with van der Waals surface area (Å²) in [5.41, 5.74) is 1.19. The van der Waals surface area contributed by atoms with Crippen molar-refractivity contribution in [3.63, 3.8) is 0 Å². The molecule has 0 fully saturated rings. The summed E-state index contributed by atoms with van der Waals surface area (Å²) in [6.07, 6.45) is 0. The van der Waals surface area contributed by atoms with Gasteiger partial charge in [-0.3, -0.25) is 9.36 Å². The molecule has 110 valence electrons. The van der Waals surface area contributed by atoms with E-state index < -0.39 is 5.69 Å². The number of aromatic nitrogens is 2. The minimum atomic E-state index is -0.457. The number of hydrogen-bond donors (Lipinski definition) is 0. The highest BCUT2D eigenvalue weighted by Crippen LogP contribution is 2.23. The first-order chi connectivity index (χ1) is 9.81. The fraction of sp³-hybridized carbons (Fsp3) is 0.214. The molecule has 0 spiro atoms. The number of carbonyl (C=O) groups is 1. The average molecular weight is 390 g/mol. The molecule has 1 aromatic carbocycles. The van der Waals surface area contributed by atoms with Gasteiger partial charge in [-0.05, 0) is 48.0 Å². The zero-order valence-corrected chi connectivity index (χ0v) is 14.4. The van der Waals surface area contributed by atoms with Gasteiger partial charge in [-0.2, -0.15) is 4.98 Å². The number of hydrogen-bond acceptors (Lipinski definition) is 3. The Hall–Kier alpha value is -1.17. The Morgan fingerprint density at radius 2 is 1.95 bits per heavy atom. The van der Waals surface area contributed by atoms with E-state index in [2.05, 4.69) is 20.9 Å². The van der Waals surface area contributed by atoms with Crippen LogP contribution in [0, 0.1) is 13.8 Å². The summed E-state index contributed by atoms with van der Waals surface area (Å²) in [4.78, 5) is 28.1. The van der Waals surface area contributed by atoms with Crippen molar-refractivity contribution >= 4 is 44.9 Å². The van der Waals surface area contributed by atoms with Crippen LogP contribution in [-0.4, -0.2) is 15.3 Å². The Morgan fingerprint density at radius 1 is 1.29 bits per heavy atom. The molecule has 1 heterocycles. The van der Waals surface area contributed by atoms with Crippen LogP contribution in [0.2, 0.25) is 10.0 Å². The monoisotopic (exact) mass is 388 g/mol. The second-order valence-electron chi connectivity index (χ2n) is 4.52. The zero-order chi connectivity index (χ0) is 15.7. The quantitative estimate of drug-likeness (QED) is 0.750. The molecule has 7 heteroatoms. The number of rotatable bonds is 3. The maximum absolute atomic E-state index is 12.3. The van der Waals surface area contributed by atoms with Gasteiger partial charge in [0.05, 0.1) is 26.8 Å². The number of nitrogens with zero attached hydrogens (tertiary/aromatic N) is 2. The molecule has 0 amide bonds. The minimum Gasteiger partial charge on any atom is -0.292 e. The van der Waals surface area contributed by atoms with Gasteiger partial charge in [0.25, 0.3) is 0 Å². The summed E-state index contributed by atoms with van der Waals surface area (Å²) in [6.45, 7) is 3.38. The Balaban J connectivity index is 2.38. The fourth-order valence-electron chi connectivity index (χ4n) is 1.87. The van der Waals surface area contributed by atoms with E-state index in [1.807, 2.05) is 0 Å². The first-order valence-electron chi connectivity index (χ1n) is 6.03. The van der Waals surface area contributed by atoms with E-state index in [0.717, 1.165) is 0 Å². The van der Waals surface area contributed by atoms with Gasteiger partial charge in [0.2, 0.25) is 0 Å². The Labute approximate surface area is 139 Å². The first-order valence-corrected chi connectivity index (χ1v) is 7.58. The number of carbonyl (C=O) groups excluding carboxylic acids is 1. The van der Waals surface area contributed by atoms with Gasteiger partial charge in [-0.1, -0.05) is 23.2 Å². The molecule has 4 nitrogen and oxygen atoms in total. The predicted molar refractivity (Wildman–Crippen MR) is 86.5 cm³/mol. The number of aryl methyl sites for hydroxylation is 1. The van der Waals surface area contributed by atoms with Crippen LogP contribution in [0.1, 0.15) is 21.7 Å². The zero-order valence-electron chi connectivity index (χ0n) is 11.3. The van der Waals surface area contributed by atoms with Crippen molar-refractivity contribution in [3.8, 4) is 0 Å².